The molecule has 3 amide bonds. The molecule has 2 fully saturated rings. The van der Waals surface area contributed by atoms with E-state index in [1.54, 1.807) is 9.80 Å². The first kappa shape index (κ1) is 21.1. The van der Waals surface area contributed by atoms with Crippen molar-refractivity contribution in [2.45, 2.75) is 51.7 Å². The molecule has 2 heterocycles. The van der Waals surface area contributed by atoms with E-state index >= 15 is 0 Å². The molecule has 0 aromatic heterocycles. The predicted octanol–water partition coefficient (Wildman–Crippen LogP) is 1.81. The molecule has 0 radical (unpaired) electrons. The second-order valence-electron chi connectivity index (χ2n) is 8.23. The van der Waals surface area contributed by atoms with Crippen molar-refractivity contribution in [2.75, 3.05) is 20.2 Å². The fourth-order valence-electron chi connectivity index (χ4n) is 4.30. The van der Waals surface area contributed by atoms with Gasteiger partial charge in [0.2, 0.25) is 11.8 Å². The Morgan fingerprint density at radius 3 is 2.62 bits per heavy atom. The Kier molecular flexibility index (Phi) is 6.10. The second kappa shape index (κ2) is 8.39. The summed E-state index contributed by atoms with van der Waals surface area (Å²) in [6, 6.07) is 3.21. The normalized spacial score (nSPS) is 23.9. The number of piperazine rings is 1. The van der Waals surface area contributed by atoms with Crippen LogP contribution >= 0.6 is 0 Å². The Hall–Kier alpha value is -2.64. The summed E-state index contributed by atoms with van der Waals surface area (Å²) in [5, 5.41) is 2.87. The molecule has 1 N–H and O–H groups in total. The number of nitrogens with one attached hydrogen (secondary N) is 1. The number of amides is 3. The molecule has 0 saturated carbocycles. The van der Waals surface area contributed by atoms with Gasteiger partial charge >= 0.3 is 0 Å². The first-order chi connectivity index (χ1) is 13.7. The Labute approximate surface area is 170 Å². The molecule has 29 heavy (non-hydrogen) atoms. The predicted molar refractivity (Wildman–Crippen MR) is 105 cm³/mol. The average Bonchev–Trinajstić information content (AvgIpc) is 3.05. The molecule has 0 unspecified atom stereocenters. The van der Waals surface area contributed by atoms with Crippen molar-refractivity contribution in [1.29, 1.82) is 0 Å². The number of rotatable bonds is 5. The molecular formula is C21H28FN3O4. The summed E-state index contributed by atoms with van der Waals surface area (Å²) in [6.45, 7) is 6.27. The van der Waals surface area contributed by atoms with Gasteiger partial charge in [0.15, 0.2) is 11.6 Å². The van der Waals surface area contributed by atoms with E-state index in [-0.39, 0.29) is 47.0 Å². The summed E-state index contributed by atoms with van der Waals surface area (Å²) in [6.07, 6.45) is 1.12. The summed E-state index contributed by atoms with van der Waals surface area (Å²) in [7, 11) is 1.36. The Morgan fingerprint density at radius 1 is 1.31 bits per heavy atom. The maximum atomic E-state index is 14.1. The lowest BCUT2D eigenvalue weighted by molar-refractivity contribution is -0.142. The van der Waals surface area contributed by atoms with Crippen LogP contribution in [0.2, 0.25) is 0 Å². The monoisotopic (exact) mass is 405 g/mol. The third-order valence-corrected chi connectivity index (χ3v) is 5.53. The highest BCUT2D eigenvalue weighted by molar-refractivity contribution is 5.98. The van der Waals surface area contributed by atoms with E-state index in [2.05, 4.69) is 5.32 Å². The van der Waals surface area contributed by atoms with Crippen LogP contribution in [0.4, 0.5) is 4.39 Å². The first-order valence-corrected chi connectivity index (χ1v) is 9.93. The molecule has 1 aromatic carbocycles. The Morgan fingerprint density at radius 2 is 2.03 bits per heavy atom. The fraction of sp³-hybridized carbons (Fsp3) is 0.571. The van der Waals surface area contributed by atoms with Crippen molar-refractivity contribution in [3.05, 3.63) is 29.6 Å². The van der Waals surface area contributed by atoms with Gasteiger partial charge in [0.05, 0.1) is 13.2 Å². The number of hydrogen-bond acceptors (Lipinski definition) is 4. The van der Waals surface area contributed by atoms with Gasteiger partial charge in [-0.2, -0.15) is 0 Å². The van der Waals surface area contributed by atoms with Gasteiger partial charge in [0, 0.05) is 31.6 Å². The number of carbonyl (C=O) groups excluding carboxylic acids is 3. The van der Waals surface area contributed by atoms with Crippen LogP contribution in [0.15, 0.2) is 18.2 Å². The number of halogens is 1. The zero-order valence-corrected chi connectivity index (χ0v) is 17.3. The highest BCUT2D eigenvalue weighted by Crippen LogP contribution is 2.30. The van der Waals surface area contributed by atoms with E-state index in [0.29, 0.717) is 25.9 Å². The second-order valence-corrected chi connectivity index (χ2v) is 8.23. The van der Waals surface area contributed by atoms with Crippen LogP contribution in [0.1, 0.15) is 44.0 Å². The van der Waals surface area contributed by atoms with E-state index in [0.717, 1.165) is 6.07 Å². The standard InChI is InChI=1S/C21H28FN3O4/c1-12(2)7-18-21(28)24-10-15(23-13(3)26)9-16(24)11-25(18)20(27)14-5-6-19(29-4)17(22)8-14/h5-6,8,12,15-16,18H,7,9-11H2,1-4H3,(H,23,26)/t15-,16-,18-/m0/s1. The molecule has 3 rings (SSSR count). The van der Waals surface area contributed by atoms with Crippen LogP contribution in [-0.4, -0.2) is 65.8 Å². The SMILES string of the molecule is COc1ccc(C(=O)N2C[C@@H]3C[C@H](NC(C)=O)CN3C(=O)[C@@H]2CC(C)C)cc1F. The van der Waals surface area contributed by atoms with Gasteiger partial charge in [0.25, 0.3) is 5.91 Å². The molecule has 1 aromatic rings. The third-order valence-electron chi connectivity index (χ3n) is 5.53. The van der Waals surface area contributed by atoms with Crippen molar-refractivity contribution in [1.82, 2.24) is 15.1 Å². The summed E-state index contributed by atoms with van der Waals surface area (Å²) in [5.74, 6) is -0.955. The number of nitrogens with zero attached hydrogens (tertiary/aromatic N) is 2. The van der Waals surface area contributed by atoms with Crippen LogP contribution in [-0.2, 0) is 9.59 Å². The average molecular weight is 405 g/mol. The van der Waals surface area contributed by atoms with E-state index in [4.69, 9.17) is 4.74 Å². The molecule has 0 spiro atoms. The van der Waals surface area contributed by atoms with Crippen LogP contribution in [0.3, 0.4) is 0 Å². The number of fused-ring (bicyclic) bond motifs is 1. The first-order valence-electron chi connectivity index (χ1n) is 9.93. The molecule has 3 atom stereocenters. The number of carbonyl (C=O) groups is 3. The van der Waals surface area contributed by atoms with Crippen LogP contribution < -0.4 is 10.1 Å². The van der Waals surface area contributed by atoms with Crippen LogP contribution in [0.25, 0.3) is 0 Å². The smallest absolute Gasteiger partial charge is 0.254 e. The number of methoxy groups -OCH3 is 1. The van der Waals surface area contributed by atoms with Crippen molar-refractivity contribution >= 4 is 17.7 Å². The summed E-state index contributed by atoms with van der Waals surface area (Å²) < 4.78 is 19.1. The van der Waals surface area contributed by atoms with Gasteiger partial charge in [-0.1, -0.05) is 13.8 Å². The van der Waals surface area contributed by atoms with Crippen molar-refractivity contribution in [3.63, 3.8) is 0 Å². The zero-order valence-electron chi connectivity index (χ0n) is 17.3. The van der Waals surface area contributed by atoms with E-state index < -0.39 is 11.9 Å². The largest absolute Gasteiger partial charge is 0.494 e. The third kappa shape index (κ3) is 4.36. The van der Waals surface area contributed by atoms with Gasteiger partial charge in [-0.3, -0.25) is 14.4 Å². The lowest BCUT2D eigenvalue weighted by Crippen LogP contribution is -2.61. The molecule has 8 heteroatoms. The van der Waals surface area contributed by atoms with Gasteiger partial charge in [-0.25, -0.2) is 4.39 Å². The highest BCUT2D eigenvalue weighted by Gasteiger charge is 2.47. The van der Waals surface area contributed by atoms with E-state index in [1.807, 2.05) is 13.8 Å². The van der Waals surface area contributed by atoms with Crippen molar-refractivity contribution in [2.24, 2.45) is 5.92 Å². The number of benzene rings is 1. The highest BCUT2D eigenvalue weighted by atomic mass is 19.1. The molecule has 7 nitrogen and oxygen atoms in total. The summed E-state index contributed by atoms with van der Waals surface area (Å²) >= 11 is 0. The minimum Gasteiger partial charge on any atom is -0.494 e. The summed E-state index contributed by atoms with van der Waals surface area (Å²) in [4.78, 5) is 41.2. The van der Waals surface area contributed by atoms with E-state index in [1.165, 1.54) is 26.2 Å². The minimum absolute atomic E-state index is 0.0649. The maximum Gasteiger partial charge on any atom is 0.254 e. The quantitative estimate of drug-likeness (QED) is 0.810. The number of ether oxygens (including phenoxy) is 1. The maximum absolute atomic E-state index is 14.1. The molecule has 2 saturated heterocycles. The molecule has 158 valence electrons. The Bertz CT molecular complexity index is 813. The molecule has 2 aliphatic rings. The molecule has 0 bridgehead atoms. The van der Waals surface area contributed by atoms with Gasteiger partial charge < -0.3 is 19.9 Å². The number of hydrogen-bond donors (Lipinski definition) is 1. The molecule has 0 aliphatic carbocycles. The molecule has 2 aliphatic heterocycles. The van der Waals surface area contributed by atoms with Crippen LogP contribution in [0.5, 0.6) is 5.75 Å². The molecular weight excluding hydrogens is 377 g/mol. The van der Waals surface area contributed by atoms with Crippen molar-refractivity contribution < 1.29 is 23.5 Å². The van der Waals surface area contributed by atoms with Crippen LogP contribution in [0, 0.1) is 11.7 Å². The van der Waals surface area contributed by atoms with Crippen molar-refractivity contribution in [3.8, 4) is 5.75 Å². The van der Waals surface area contributed by atoms with Gasteiger partial charge in [0.1, 0.15) is 6.04 Å². The van der Waals surface area contributed by atoms with E-state index in [9.17, 15) is 18.8 Å². The van der Waals surface area contributed by atoms with Gasteiger partial charge in [-0.15, -0.1) is 0 Å². The zero-order chi connectivity index (χ0) is 21.3. The lowest BCUT2D eigenvalue weighted by Gasteiger charge is -2.43. The van der Waals surface area contributed by atoms with Gasteiger partial charge in [-0.05, 0) is 37.0 Å². The minimum atomic E-state index is -0.615. The topological polar surface area (TPSA) is 79.0 Å². The Balaban J connectivity index is 1.87. The summed E-state index contributed by atoms with van der Waals surface area (Å²) in [5.41, 5.74) is 0.190. The fourth-order valence-corrected chi connectivity index (χ4v) is 4.30. The lowest BCUT2D eigenvalue weighted by atomic mass is 9.96.